The maximum absolute atomic E-state index is 14.0. The average molecular weight is 280 g/mol. The van der Waals surface area contributed by atoms with Gasteiger partial charge in [-0.3, -0.25) is 4.90 Å². The third kappa shape index (κ3) is 3.74. The first-order valence-corrected chi connectivity index (χ1v) is 7.31. The molecule has 0 saturated carbocycles. The quantitative estimate of drug-likeness (QED) is 0.859. The number of likely N-dealkylation sites (tertiary alicyclic amines) is 1. The van der Waals surface area contributed by atoms with Gasteiger partial charge in [-0.1, -0.05) is 37.7 Å². The molecule has 0 bridgehead atoms. The molecule has 1 aliphatic heterocycles. The van der Waals surface area contributed by atoms with Crippen LogP contribution in [0.15, 0.2) is 18.2 Å². The van der Waals surface area contributed by atoms with E-state index in [9.17, 15) is 4.39 Å². The second-order valence-corrected chi connectivity index (χ2v) is 5.74. The van der Waals surface area contributed by atoms with Crippen molar-refractivity contribution in [3.63, 3.8) is 0 Å². The van der Waals surface area contributed by atoms with Crippen LogP contribution in [0.2, 0.25) is 0 Å². The smallest absolute Gasteiger partial charge is 0.128 e. The molecule has 0 spiro atoms. The highest BCUT2D eigenvalue weighted by atomic mass is 32.1. The predicted octanol–water partition coefficient (Wildman–Crippen LogP) is 3.08. The summed E-state index contributed by atoms with van der Waals surface area (Å²) in [7, 11) is 0. The summed E-state index contributed by atoms with van der Waals surface area (Å²) in [4.78, 5) is 2.57. The Hall–Kier alpha value is -1.00. The summed E-state index contributed by atoms with van der Waals surface area (Å²) in [6, 6.07) is 5.05. The third-order valence-corrected chi connectivity index (χ3v) is 4.25. The first kappa shape index (κ1) is 14.4. The Bertz CT molecular complexity index is 453. The highest BCUT2D eigenvalue weighted by Gasteiger charge is 2.18. The Labute approximate surface area is 119 Å². The molecule has 0 radical (unpaired) electrons. The van der Waals surface area contributed by atoms with Gasteiger partial charge in [0.1, 0.15) is 10.8 Å². The van der Waals surface area contributed by atoms with E-state index in [1.165, 1.54) is 25.3 Å². The third-order valence-electron chi connectivity index (χ3n) is 4.02. The van der Waals surface area contributed by atoms with Crippen molar-refractivity contribution in [3.8, 4) is 0 Å². The van der Waals surface area contributed by atoms with Crippen molar-refractivity contribution in [1.82, 2.24) is 4.90 Å². The Morgan fingerprint density at radius 3 is 2.63 bits per heavy atom. The maximum Gasteiger partial charge on any atom is 0.128 e. The van der Waals surface area contributed by atoms with Gasteiger partial charge in [-0.05, 0) is 37.9 Å². The van der Waals surface area contributed by atoms with Crippen LogP contribution >= 0.6 is 12.2 Å². The number of hydrogen-bond donors (Lipinski definition) is 1. The van der Waals surface area contributed by atoms with Gasteiger partial charge in [0.05, 0.1) is 0 Å². The van der Waals surface area contributed by atoms with E-state index in [-0.39, 0.29) is 10.8 Å². The van der Waals surface area contributed by atoms with Crippen LogP contribution in [0.5, 0.6) is 0 Å². The molecule has 4 heteroatoms. The topological polar surface area (TPSA) is 29.3 Å². The molecule has 1 fully saturated rings. The summed E-state index contributed by atoms with van der Waals surface area (Å²) >= 11 is 4.85. The molecule has 1 saturated heterocycles. The summed E-state index contributed by atoms with van der Waals surface area (Å²) in [5.41, 5.74) is 6.83. The lowest BCUT2D eigenvalue weighted by Gasteiger charge is -2.31. The number of benzene rings is 1. The van der Waals surface area contributed by atoms with Crippen molar-refractivity contribution >= 4 is 17.2 Å². The molecular weight excluding hydrogens is 259 g/mol. The van der Waals surface area contributed by atoms with Gasteiger partial charge in [-0.2, -0.15) is 0 Å². The van der Waals surface area contributed by atoms with Crippen LogP contribution in [0.3, 0.4) is 0 Å². The lowest BCUT2D eigenvalue weighted by Crippen LogP contribution is -2.33. The number of hydrogen-bond acceptors (Lipinski definition) is 2. The highest BCUT2D eigenvalue weighted by molar-refractivity contribution is 7.80. The van der Waals surface area contributed by atoms with Crippen molar-refractivity contribution in [3.05, 3.63) is 35.1 Å². The van der Waals surface area contributed by atoms with Gasteiger partial charge in [0.2, 0.25) is 0 Å². The Morgan fingerprint density at radius 2 is 2.11 bits per heavy atom. The zero-order valence-electron chi connectivity index (χ0n) is 11.4. The Balaban J connectivity index is 1.98. The van der Waals surface area contributed by atoms with Crippen molar-refractivity contribution in [2.45, 2.75) is 32.7 Å². The molecule has 1 aromatic rings. The van der Waals surface area contributed by atoms with Crippen LogP contribution < -0.4 is 5.73 Å². The number of rotatable bonds is 4. The van der Waals surface area contributed by atoms with Crippen LogP contribution in [0.25, 0.3) is 0 Å². The van der Waals surface area contributed by atoms with Gasteiger partial charge in [0, 0.05) is 17.7 Å². The molecule has 19 heavy (non-hydrogen) atoms. The fourth-order valence-corrected chi connectivity index (χ4v) is 2.75. The molecule has 104 valence electrons. The van der Waals surface area contributed by atoms with Crippen molar-refractivity contribution in [2.75, 3.05) is 13.1 Å². The minimum atomic E-state index is -0.206. The number of thiocarbonyl (C=S) groups is 1. The van der Waals surface area contributed by atoms with Crippen LogP contribution in [-0.2, 0) is 6.54 Å². The molecule has 1 aromatic carbocycles. The van der Waals surface area contributed by atoms with Crippen molar-refractivity contribution < 1.29 is 4.39 Å². The Kier molecular flexibility index (Phi) is 4.88. The minimum absolute atomic E-state index is 0.206. The SMILES string of the molecule is CCC1CCN(Cc2ccc(C(N)=S)cc2F)CC1. The molecule has 2 N–H and O–H groups in total. The molecule has 1 aliphatic rings. The van der Waals surface area contributed by atoms with Crippen LogP contribution in [0.4, 0.5) is 4.39 Å². The van der Waals surface area contributed by atoms with Crippen LogP contribution in [0, 0.1) is 11.7 Å². The molecule has 0 unspecified atom stereocenters. The van der Waals surface area contributed by atoms with Gasteiger partial charge in [0.15, 0.2) is 0 Å². The Morgan fingerprint density at radius 1 is 1.42 bits per heavy atom. The highest BCUT2D eigenvalue weighted by Crippen LogP contribution is 2.22. The molecule has 0 amide bonds. The molecule has 0 aliphatic carbocycles. The van der Waals surface area contributed by atoms with Crippen molar-refractivity contribution in [1.29, 1.82) is 0 Å². The van der Waals surface area contributed by atoms with E-state index in [4.69, 9.17) is 18.0 Å². The van der Waals surface area contributed by atoms with E-state index in [1.54, 1.807) is 12.1 Å². The lowest BCUT2D eigenvalue weighted by molar-refractivity contribution is 0.173. The minimum Gasteiger partial charge on any atom is -0.389 e. The summed E-state index contributed by atoms with van der Waals surface area (Å²) in [6.45, 7) is 5.05. The molecule has 0 atom stereocenters. The van der Waals surface area contributed by atoms with E-state index in [0.29, 0.717) is 12.1 Å². The summed E-state index contributed by atoms with van der Waals surface area (Å²) in [5.74, 6) is 0.640. The molecule has 1 heterocycles. The molecule has 2 nitrogen and oxygen atoms in total. The lowest BCUT2D eigenvalue weighted by atomic mass is 9.94. The second kappa shape index (κ2) is 6.44. The maximum atomic E-state index is 14.0. The summed E-state index contributed by atoms with van der Waals surface area (Å²) in [5, 5.41) is 0. The number of nitrogens with zero attached hydrogens (tertiary/aromatic N) is 1. The van der Waals surface area contributed by atoms with E-state index in [2.05, 4.69) is 11.8 Å². The first-order chi connectivity index (χ1) is 9.10. The normalized spacial score (nSPS) is 17.6. The van der Waals surface area contributed by atoms with Gasteiger partial charge in [-0.25, -0.2) is 4.39 Å². The van der Waals surface area contributed by atoms with Gasteiger partial charge < -0.3 is 5.73 Å². The summed E-state index contributed by atoms with van der Waals surface area (Å²) < 4.78 is 14.0. The fraction of sp³-hybridized carbons (Fsp3) is 0.533. The number of halogens is 1. The first-order valence-electron chi connectivity index (χ1n) is 6.90. The summed E-state index contributed by atoms with van der Waals surface area (Å²) in [6.07, 6.45) is 3.71. The monoisotopic (exact) mass is 280 g/mol. The van der Waals surface area contributed by atoms with E-state index in [1.807, 2.05) is 0 Å². The largest absolute Gasteiger partial charge is 0.389 e. The average Bonchev–Trinajstić information content (AvgIpc) is 2.41. The van der Waals surface area contributed by atoms with Crippen LogP contribution in [0.1, 0.15) is 37.3 Å². The molecule has 2 rings (SSSR count). The van der Waals surface area contributed by atoms with E-state index in [0.717, 1.165) is 24.6 Å². The zero-order valence-corrected chi connectivity index (χ0v) is 12.2. The van der Waals surface area contributed by atoms with E-state index < -0.39 is 0 Å². The zero-order chi connectivity index (χ0) is 13.8. The van der Waals surface area contributed by atoms with Gasteiger partial charge in [0.25, 0.3) is 0 Å². The molecular formula is C15H21FN2S. The number of nitrogens with two attached hydrogens (primary N) is 1. The van der Waals surface area contributed by atoms with Crippen LogP contribution in [-0.4, -0.2) is 23.0 Å². The fourth-order valence-electron chi connectivity index (χ4n) is 2.62. The van der Waals surface area contributed by atoms with Gasteiger partial charge >= 0.3 is 0 Å². The molecule has 0 aromatic heterocycles. The van der Waals surface area contributed by atoms with Gasteiger partial charge in [-0.15, -0.1) is 0 Å². The number of piperidine rings is 1. The van der Waals surface area contributed by atoms with Crippen molar-refractivity contribution in [2.24, 2.45) is 11.7 Å². The standard InChI is InChI=1S/C15H21FN2S/c1-2-11-5-7-18(8-6-11)10-13-4-3-12(15(17)19)9-14(13)16/h3-4,9,11H,2,5-8,10H2,1H3,(H2,17,19). The predicted molar refractivity (Wildman–Crippen MR) is 80.6 cm³/mol. The second-order valence-electron chi connectivity index (χ2n) is 5.30. The van der Waals surface area contributed by atoms with E-state index >= 15 is 0 Å².